The Hall–Kier alpha value is -1.23. The van der Waals surface area contributed by atoms with Crippen molar-refractivity contribution >= 4 is 16.2 Å². The second kappa shape index (κ2) is 4.80. The molecule has 0 N–H and O–H groups in total. The SMILES string of the molecule is CN1C(=O)CC[C@H]1c1cccnc1OS(C)(C)C. The molecule has 1 amide bonds. The van der Waals surface area contributed by atoms with Crippen LogP contribution in [0, 0.1) is 0 Å². The van der Waals surface area contributed by atoms with Gasteiger partial charge in [-0.1, -0.05) is 10.3 Å². The third-order valence-electron chi connectivity index (χ3n) is 2.98. The fourth-order valence-corrected chi connectivity index (χ4v) is 2.74. The third-order valence-corrected chi connectivity index (χ3v) is 3.64. The van der Waals surface area contributed by atoms with Crippen molar-refractivity contribution in [3.8, 4) is 5.88 Å². The molecule has 1 aromatic rings. The Morgan fingerprint density at radius 1 is 1.44 bits per heavy atom. The number of pyridine rings is 1. The summed E-state index contributed by atoms with van der Waals surface area (Å²) < 4.78 is 5.96. The van der Waals surface area contributed by atoms with Gasteiger partial charge in [-0.25, -0.2) is 4.98 Å². The Bertz CT molecular complexity index is 457. The summed E-state index contributed by atoms with van der Waals surface area (Å²) in [5, 5.41) is 0. The summed E-state index contributed by atoms with van der Waals surface area (Å²) in [5.74, 6) is 0.865. The van der Waals surface area contributed by atoms with Crippen LogP contribution in [0.4, 0.5) is 0 Å². The van der Waals surface area contributed by atoms with Gasteiger partial charge in [0, 0.05) is 25.2 Å². The summed E-state index contributed by atoms with van der Waals surface area (Å²) in [6.45, 7) is 0. The van der Waals surface area contributed by atoms with E-state index in [-0.39, 0.29) is 11.9 Å². The van der Waals surface area contributed by atoms with Gasteiger partial charge in [-0.2, -0.15) is 0 Å². The minimum atomic E-state index is -1.13. The fourth-order valence-electron chi connectivity index (χ4n) is 2.13. The molecule has 1 fully saturated rings. The molecule has 0 bridgehead atoms. The molecule has 1 atom stereocenters. The third kappa shape index (κ3) is 2.77. The highest BCUT2D eigenvalue weighted by Crippen LogP contribution is 2.42. The van der Waals surface area contributed by atoms with Crippen molar-refractivity contribution in [2.24, 2.45) is 0 Å². The predicted octanol–water partition coefficient (Wildman–Crippen LogP) is 2.36. The molecule has 5 heteroatoms. The van der Waals surface area contributed by atoms with Crippen molar-refractivity contribution < 1.29 is 8.98 Å². The number of hydrogen-bond acceptors (Lipinski definition) is 3. The molecule has 18 heavy (non-hydrogen) atoms. The zero-order valence-corrected chi connectivity index (χ0v) is 12.2. The number of aromatic nitrogens is 1. The van der Waals surface area contributed by atoms with Gasteiger partial charge in [-0.15, -0.1) is 0 Å². The van der Waals surface area contributed by atoms with Crippen LogP contribution in [0.25, 0.3) is 0 Å². The van der Waals surface area contributed by atoms with E-state index in [0.29, 0.717) is 12.3 Å². The first kappa shape index (κ1) is 13.2. The van der Waals surface area contributed by atoms with Gasteiger partial charge in [0.05, 0.1) is 6.04 Å². The van der Waals surface area contributed by atoms with Gasteiger partial charge < -0.3 is 9.08 Å². The number of hydrogen-bond donors (Lipinski definition) is 0. The van der Waals surface area contributed by atoms with Crippen molar-refractivity contribution in [2.75, 3.05) is 25.8 Å². The second-order valence-electron chi connectivity index (χ2n) is 5.26. The molecule has 1 aliphatic heterocycles. The van der Waals surface area contributed by atoms with Gasteiger partial charge in [0.2, 0.25) is 11.8 Å². The average Bonchev–Trinajstić information content (AvgIpc) is 2.59. The molecule has 0 aliphatic carbocycles. The molecular formula is C13H20N2O2S. The maximum absolute atomic E-state index is 11.6. The van der Waals surface area contributed by atoms with E-state index in [0.717, 1.165) is 12.0 Å². The van der Waals surface area contributed by atoms with Crippen LogP contribution in [0.1, 0.15) is 24.4 Å². The lowest BCUT2D eigenvalue weighted by molar-refractivity contribution is -0.127. The summed E-state index contributed by atoms with van der Waals surface area (Å²) in [6, 6.07) is 4.01. The van der Waals surface area contributed by atoms with Gasteiger partial charge >= 0.3 is 0 Å². The molecule has 1 aromatic heterocycles. The molecular weight excluding hydrogens is 248 g/mol. The normalized spacial score (nSPS) is 21.2. The zero-order valence-electron chi connectivity index (χ0n) is 11.3. The number of likely N-dealkylation sites (tertiary alicyclic amines) is 1. The Balaban J connectivity index is 2.31. The largest absolute Gasteiger partial charge is 0.429 e. The van der Waals surface area contributed by atoms with E-state index < -0.39 is 10.3 Å². The standard InChI is InChI=1S/C13H20N2O2S/c1-15-11(7-8-12(15)16)10-6-5-9-14-13(10)17-18(2,3)4/h5-6,9,11H,7-8H2,1-4H3/t11-/m0/s1. The van der Waals surface area contributed by atoms with Crippen molar-refractivity contribution in [2.45, 2.75) is 18.9 Å². The smallest absolute Gasteiger partial charge is 0.230 e. The molecule has 0 radical (unpaired) electrons. The maximum Gasteiger partial charge on any atom is 0.230 e. The van der Waals surface area contributed by atoms with E-state index >= 15 is 0 Å². The lowest BCUT2D eigenvalue weighted by atomic mass is 10.1. The van der Waals surface area contributed by atoms with Crippen LogP contribution in [-0.2, 0) is 4.79 Å². The quantitative estimate of drug-likeness (QED) is 0.845. The molecule has 1 saturated heterocycles. The van der Waals surface area contributed by atoms with E-state index in [1.807, 2.05) is 19.2 Å². The van der Waals surface area contributed by atoms with Crippen LogP contribution in [0.15, 0.2) is 18.3 Å². The van der Waals surface area contributed by atoms with Gasteiger partial charge in [0.1, 0.15) is 0 Å². The number of carbonyl (C=O) groups excluding carboxylic acids is 1. The van der Waals surface area contributed by atoms with Gasteiger partial charge in [0.25, 0.3) is 0 Å². The van der Waals surface area contributed by atoms with Crippen LogP contribution < -0.4 is 4.18 Å². The Morgan fingerprint density at radius 2 is 2.17 bits per heavy atom. The topological polar surface area (TPSA) is 42.4 Å². The van der Waals surface area contributed by atoms with Crippen molar-refractivity contribution in [3.05, 3.63) is 23.9 Å². The molecule has 4 nitrogen and oxygen atoms in total. The first-order valence-corrected chi connectivity index (χ1v) is 8.75. The molecule has 2 heterocycles. The highest BCUT2D eigenvalue weighted by Gasteiger charge is 2.31. The van der Waals surface area contributed by atoms with Gasteiger partial charge in [0.15, 0.2) is 0 Å². The Labute approximate surface area is 110 Å². The minimum absolute atomic E-state index is 0.1000. The Kier molecular flexibility index (Phi) is 3.52. The van der Waals surface area contributed by atoms with Crippen molar-refractivity contribution in [3.63, 3.8) is 0 Å². The molecule has 0 saturated carbocycles. The predicted molar refractivity (Wildman–Crippen MR) is 75.0 cm³/mol. The summed E-state index contributed by atoms with van der Waals surface area (Å²) in [6.07, 6.45) is 9.43. The zero-order chi connectivity index (χ0) is 13.3. The van der Waals surface area contributed by atoms with Crippen LogP contribution in [0.5, 0.6) is 5.88 Å². The van der Waals surface area contributed by atoms with E-state index in [4.69, 9.17) is 4.18 Å². The number of rotatable bonds is 3. The fraction of sp³-hybridized carbons (Fsp3) is 0.538. The monoisotopic (exact) mass is 268 g/mol. The molecule has 0 unspecified atom stereocenters. The molecule has 1 aliphatic rings. The van der Waals surface area contributed by atoms with Crippen LogP contribution >= 0.6 is 10.3 Å². The highest BCUT2D eigenvalue weighted by atomic mass is 32.3. The summed E-state index contributed by atoms with van der Waals surface area (Å²) in [5.41, 5.74) is 1.02. The first-order valence-electron chi connectivity index (χ1n) is 5.97. The Morgan fingerprint density at radius 3 is 2.72 bits per heavy atom. The molecule has 100 valence electrons. The summed E-state index contributed by atoms with van der Waals surface area (Å²) >= 11 is 0. The lowest BCUT2D eigenvalue weighted by Crippen LogP contribution is -2.23. The van der Waals surface area contributed by atoms with Crippen molar-refractivity contribution in [1.82, 2.24) is 9.88 Å². The molecule has 2 rings (SSSR count). The second-order valence-corrected chi connectivity index (χ2v) is 8.88. The first-order chi connectivity index (χ1) is 8.38. The van der Waals surface area contributed by atoms with Gasteiger partial charge in [-0.05, 0) is 37.3 Å². The van der Waals surface area contributed by atoms with E-state index in [9.17, 15) is 4.79 Å². The maximum atomic E-state index is 11.6. The van der Waals surface area contributed by atoms with E-state index in [1.165, 1.54) is 0 Å². The summed E-state index contributed by atoms with van der Waals surface area (Å²) in [7, 11) is 0.722. The number of amides is 1. The van der Waals surface area contributed by atoms with Crippen LogP contribution in [-0.4, -0.2) is 41.6 Å². The lowest BCUT2D eigenvalue weighted by Gasteiger charge is -2.29. The molecule has 0 spiro atoms. The number of carbonyl (C=O) groups is 1. The van der Waals surface area contributed by atoms with E-state index in [1.54, 1.807) is 11.1 Å². The van der Waals surface area contributed by atoms with Crippen LogP contribution in [0.3, 0.4) is 0 Å². The summed E-state index contributed by atoms with van der Waals surface area (Å²) in [4.78, 5) is 17.7. The van der Waals surface area contributed by atoms with Crippen molar-refractivity contribution in [1.29, 1.82) is 0 Å². The minimum Gasteiger partial charge on any atom is -0.429 e. The average molecular weight is 268 g/mol. The van der Waals surface area contributed by atoms with Gasteiger partial charge in [-0.3, -0.25) is 4.79 Å². The number of nitrogens with zero attached hydrogens (tertiary/aromatic N) is 2. The highest BCUT2D eigenvalue weighted by molar-refractivity contribution is 8.28. The molecule has 0 aromatic carbocycles. The van der Waals surface area contributed by atoms with Crippen LogP contribution in [0.2, 0.25) is 0 Å². The van der Waals surface area contributed by atoms with E-state index in [2.05, 4.69) is 23.8 Å².